The average Bonchev–Trinajstić information content (AvgIpc) is 2.16. The SMILES string of the molecule is C=CC/C=C/C=C/C=C/C=C=CC. The summed E-state index contributed by atoms with van der Waals surface area (Å²) in [6.07, 6.45) is 18.5. The second-order valence-corrected chi connectivity index (χ2v) is 2.34. The number of rotatable bonds is 5. The Bertz CT molecular complexity index is 256. The molecular formula is C13H16. The Kier molecular flexibility index (Phi) is 9.25. The minimum atomic E-state index is 0.923. The Hall–Kier alpha value is -1.52. The molecule has 0 heteroatoms. The van der Waals surface area contributed by atoms with Gasteiger partial charge in [-0.25, -0.2) is 0 Å². The standard InChI is InChI=1S/C13H16/c1-3-5-7-9-11-13-12-10-8-6-4-2/h3-4,7-13H,1,5H2,2H3/b9-7+,12-10+,13-11+. The average molecular weight is 172 g/mol. The lowest BCUT2D eigenvalue weighted by molar-refractivity contribution is 1.41. The summed E-state index contributed by atoms with van der Waals surface area (Å²) in [5.74, 6) is 0. The molecule has 0 spiro atoms. The summed E-state index contributed by atoms with van der Waals surface area (Å²) >= 11 is 0. The smallest absolute Gasteiger partial charge is 0.0169 e. The molecule has 0 aliphatic heterocycles. The van der Waals surface area contributed by atoms with E-state index in [9.17, 15) is 0 Å². The Morgan fingerprint density at radius 2 is 1.77 bits per heavy atom. The highest BCUT2D eigenvalue weighted by atomic mass is 13.7. The van der Waals surface area contributed by atoms with Crippen LogP contribution in [0.15, 0.2) is 67.0 Å². The van der Waals surface area contributed by atoms with Gasteiger partial charge in [0.25, 0.3) is 0 Å². The summed E-state index contributed by atoms with van der Waals surface area (Å²) < 4.78 is 0. The van der Waals surface area contributed by atoms with E-state index < -0.39 is 0 Å². The van der Waals surface area contributed by atoms with Gasteiger partial charge in [-0.15, -0.1) is 12.3 Å². The fourth-order valence-electron chi connectivity index (χ4n) is 0.653. The van der Waals surface area contributed by atoms with E-state index in [0.717, 1.165) is 6.42 Å². The monoisotopic (exact) mass is 172 g/mol. The Morgan fingerprint density at radius 1 is 1.08 bits per heavy atom. The van der Waals surface area contributed by atoms with Crippen LogP contribution in [-0.2, 0) is 0 Å². The first kappa shape index (κ1) is 11.5. The van der Waals surface area contributed by atoms with Crippen LogP contribution in [-0.4, -0.2) is 0 Å². The minimum Gasteiger partial charge on any atom is -0.125 e. The van der Waals surface area contributed by atoms with Crippen molar-refractivity contribution in [2.45, 2.75) is 13.3 Å². The van der Waals surface area contributed by atoms with Gasteiger partial charge in [0.15, 0.2) is 0 Å². The molecule has 13 heavy (non-hydrogen) atoms. The van der Waals surface area contributed by atoms with Gasteiger partial charge in [0, 0.05) is 0 Å². The molecule has 0 saturated carbocycles. The summed E-state index contributed by atoms with van der Waals surface area (Å²) in [4.78, 5) is 0. The van der Waals surface area contributed by atoms with Crippen LogP contribution in [0.25, 0.3) is 0 Å². The molecule has 0 rings (SSSR count). The molecule has 0 heterocycles. The molecule has 68 valence electrons. The molecule has 0 fully saturated rings. The van der Waals surface area contributed by atoms with E-state index in [4.69, 9.17) is 0 Å². The van der Waals surface area contributed by atoms with Crippen LogP contribution >= 0.6 is 0 Å². The Balaban J connectivity index is 3.68. The van der Waals surface area contributed by atoms with Crippen LogP contribution in [0.1, 0.15) is 13.3 Å². The van der Waals surface area contributed by atoms with Crippen molar-refractivity contribution in [3.05, 3.63) is 67.0 Å². The van der Waals surface area contributed by atoms with Crippen molar-refractivity contribution in [3.63, 3.8) is 0 Å². The molecule has 0 aromatic heterocycles. The summed E-state index contributed by atoms with van der Waals surface area (Å²) in [6.45, 7) is 5.56. The zero-order chi connectivity index (χ0) is 9.78. The highest BCUT2D eigenvalue weighted by Crippen LogP contribution is 1.85. The van der Waals surface area contributed by atoms with Crippen LogP contribution in [0.2, 0.25) is 0 Å². The number of hydrogen-bond donors (Lipinski definition) is 0. The van der Waals surface area contributed by atoms with Crippen molar-refractivity contribution < 1.29 is 0 Å². The van der Waals surface area contributed by atoms with Crippen molar-refractivity contribution in [2.75, 3.05) is 0 Å². The van der Waals surface area contributed by atoms with Crippen molar-refractivity contribution in [1.29, 1.82) is 0 Å². The first-order valence-corrected chi connectivity index (χ1v) is 4.38. The third kappa shape index (κ3) is 10.5. The van der Waals surface area contributed by atoms with E-state index in [1.165, 1.54) is 0 Å². The van der Waals surface area contributed by atoms with Gasteiger partial charge in [0.2, 0.25) is 0 Å². The second-order valence-electron chi connectivity index (χ2n) is 2.34. The first-order chi connectivity index (χ1) is 6.41. The maximum Gasteiger partial charge on any atom is -0.0169 e. The third-order valence-electron chi connectivity index (χ3n) is 1.24. The van der Waals surface area contributed by atoms with Gasteiger partial charge in [-0.2, -0.15) is 0 Å². The van der Waals surface area contributed by atoms with Gasteiger partial charge in [-0.3, -0.25) is 0 Å². The predicted octanol–water partition coefficient (Wildman–Crippen LogP) is 3.96. The van der Waals surface area contributed by atoms with Crippen LogP contribution in [0.5, 0.6) is 0 Å². The molecule has 0 aliphatic rings. The van der Waals surface area contributed by atoms with Gasteiger partial charge in [-0.05, 0) is 25.5 Å². The van der Waals surface area contributed by atoms with E-state index in [0.29, 0.717) is 0 Å². The van der Waals surface area contributed by atoms with Crippen molar-refractivity contribution in [2.24, 2.45) is 0 Å². The fraction of sp³-hybridized carbons (Fsp3) is 0.154. The zero-order valence-electron chi connectivity index (χ0n) is 8.11. The van der Waals surface area contributed by atoms with Gasteiger partial charge >= 0.3 is 0 Å². The Morgan fingerprint density at radius 3 is 2.46 bits per heavy atom. The van der Waals surface area contributed by atoms with E-state index in [1.807, 2.05) is 55.5 Å². The van der Waals surface area contributed by atoms with Gasteiger partial charge < -0.3 is 0 Å². The van der Waals surface area contributed by atoms with E-state index in [1.54, 1.807) is 0 Å². The quantitative estimate of drug-likeness (QED) is 0.334. The molecule has 0 amide bonds. The van der Waals surface area contributed by atoms with Crippen molar-refractivity contribution in [1.82, 2.24) is 0 Å². The molecule has 0 aromatic carbocycles. The van der Waals surface area contributed by atoms with Crippen LogP contribution < -0.4 is 0 Å². The number of hydrogen-bond acceptors (Lipinski definition) is 0. The normalized spacial score (nSPS) is 10.8. The molecule has 0 radical (unpaired) electrons. The summed E-state index contributed by atoms with van der Waals surface area (Å²) in [6, 6.07) is 0. The van der Waals surface area contributed by atoms with Crippen molar-refractivity contribution in [3.8, 4) is 0 Å². The maximum absolute atomic E-state index is 3.62. The predicted molar refractivity (Wildman–Crippen MR) is 60.6 cm³/mol. The molecule has 0 saturated heterocycles. The summed E-state index contributed by atoms with van der Waals surface area (Å²) in [7, 11) is 0. The molecule has 0 N–H and O–H groups in total. The number of allylic oxidation sites excluding steroid dienone is 8. The summed E-state index contributed by atoms with van der Waals surface area (Å²) in [5.41, 5.74) is 2.96. The Labute approximate surface area is 81.0 Å². The lowest BCUT2D eigenvalue weighted by Gasteiger charge is -1.75. The maximum atomic E-state index is 3.62. The second kappa shape index (κ2) is 10.5. The molecular weight excluding hydrogens is 156 g/mol. The van der Waals surface area contributed by atoms with Gasteiger partial charge in [0.05, 0.1) is 0 Å². The van der Waals surface area contributed by atoms with Crippen LogP contribution in [0, 0.1) is 0 Å². The molecule has 0 bridgehead atoms. The molecule has 0 unspecified atom stereocenters. The molecule has 0 atom stereocenters. The van der Waals surface area contributed by atoms with Gasteiger partial charge in [-0.1, -0.05) is 42.5 Å². The third-order valence-corrected chi connectivity index (χ3v) is 1.24. The molecule has 0 aromatic rings. The van der Waals surface area contributed by atoms with Crippen molar-refractivity contribution >= 4 is 0 Å². The highest BCUT2D eigenvalue weighted by Gasteiger charge is 1.64. The lowest BCUT2D eigenvalue weighted by Crippen LogP contribution is -1.54. The lowest BCUT2D eigenvalue weighted by atomic mass is 10.3. The summed E-state index contributed by atoms with van der Waals surface area (Å²) in [5, 5.41) is 0. The van der Waals surface area contributed by atoms with E-state index in [-0.39, 0.29) is 0 Å². The fourth-order valence-corrected chi connectivity index (χ4v) is 0.653. The zero-order valence-corrected chi connectivity index (χ0v) is 8.11. The van der Waals surface area contributed by atoms with Crippen LogP contribution in [0.4, 0.5) is 0 Å². The van der Waals surface area contributed by atoms with Crippen LogP contribution in [0.3, 0.4) is 0 Å². The largest absolute Gasteiger partial charge is 0.125 e. The molecule has 0 nitrogen and oxygen atoms in total. The van der Waals surface area contributed by atoms with Gasteiger partial charge in [0.1, 0.15) is 0 Å². The topological polar surface area (TPSA) is 0 Å². The highest BCUT2D eigenvalue weighted by molar-refractivity contribution is 5.15. The first-order valence-electron chi connectivity index (χ1n) is 4.38. The minimum absolute atomic E-state index is 0.923. The van der Waals surface area contributed by atoms with E-state index in [2.05, 4.69) is 18.4 Å². The van der Waals surface area contributed by atoms with E-state index >= 15 is 0 Å². The molecule has 0 aliphatic carbocycles.